The molecule has 1 aromatic carbocycles. The molecule has 0 aliphatic carbocycles. The lowest BCUT2D eigenvalue weighted by Crippen LogP contribution is -2.38. The Labute approximate surface area is 187 Å². The number of para-hydroxylation sites is 1. The van der Waals surface area contributed by atoms with Crippen LogP contribution in [0.4, 0.5) is 0 Å². The van der Waals surface area contributed by atoms with Gasteiger partial charge in [0.15, 0.2) is 5.96 Å². The minimum Gasteiger partial charge on any atom is -0.492 e. The number of halogens is 1. The number of guanidine groups is 1. The zero-order chi connectivity index (χ0) is 19.3. The van der Waals surface area contributed by atoms with Crippen molar-refractivity contribution in [3.8, 4) is 5.75 Å². The van der Waals surface area contributed by atoms with Crippen LogP contribution in [0.25, 0.3) is 0 Å². The lowest BCUT2D eigenvalue weighted by Gasteiger charge is -2.26. The molecule has 1 aliphatic rings. The highest BCUT2D eigenvalue weighted by Crippen LogP contribution is 2.19. The normalized spacial score (nSPS) is 15.2. The van der Waals surface area contributed by atoms with Crippen LogP contribution in [0.15, 0.2) is 29.3 Å². The molecule has 0 radical (unpaired) electrons. The van der Waals surface area contributed by atoms with Gasteiger partial charge in [-0.2, -0.15) is 0 Å². The molecule has 0 spiro atoms. The Kier molecular flexibility index (Phi) is 13.3. The number of hydrogen-bond donors (Lipinski definition) is 2. The van der Waals surface area contributed by atoms with E-state index in [1.807, 2.05) is 18.2 Å². The smallest absolute Gasteiger partial charge is 0.191 e. The number of nitrogens with one attached hydrogen (secondary N) is 2. The first-order valence-corrected chi connectivity index (χ1v) is 10.2. The second kappa shape index (κ2) is 14.9. The maximum absolute atomic E-state index is 6.05. The van der Waals surface area contributed by atoms with Gasteiger partial charge in [0, 0.05) is 38.3 Å². The van der Waals surface area contributed by atoms with Crippen molar-refractivity contribution in [3.05, 3.63) is 29.8 Å². The zero-order valence-electron chi connectivity index (χ0n) is 17.6. The Morgan fingerprint density at radius 3 is 2.68 bits per heavy atom. The van der Waals surface area contributed by atoms with Gasteiger partial charge in [-0.05, 0) is 25.3 Å². The molecular weight excluding hydrogens is 467 g/mol. The van der Waals surface area contributed by atoms with Gasteiger partial charge in [0.25, 0.3) is 0 Å². The van der Waals surface area contributed by atoms with E-state index in [1.165, 1.54) is 0 Å². The summed E-state index contributed by atoms with van der Waals surface area (Å²) in [6.45, 7) is 14.2. The molecule has 160 valence electrons. The SMILES string of the molecule is CCNC(=NCc1ccccc1OCCN1CCOCC1)NCCC(C)C.I. The number of benzene rings is 1. The van der Waals surface area contributed by atoms with Crippen molar-refractivity contribution in [2.75, 3.05) is 52.5 Å². The molecule has 28 heavy (non-hydrogen) atoms. The Bertz CT molecular complexity index is 563. The summed E-state index contributed by atoms with van der Waals surface area (Å²) in [4.78, 5) is 7.11. The van der Waals surface area contributed by atoms with Crippen molar-refractivity contribution in [3.63, 3.8) is 0 Å². The summed E-state index contributed by atoms with van der Waals surface area (Å²) in [6, 6.07) is 8.18. The molecule has 0 saturated carbocycles. The van der Waals surface area contributed by atoms with E-state index in [0.29, 0.717) is 19.1 Å². The quantitative estimate of drug-likeness (QED) is 0.292. The minimum absolute atomic E-state index is 0. The molecule has 1 heterocycles. The molecule has 2 N–H and O–H groups in total. The van der Waals surface area contributed by atoms with E-state index < -0.39 is 0 Å². The van der Waals surface area contributed by atoms with Crippen LogP contribution >= 0.6 is 24.0 Å². The zero-order valence-corrected chi connectivity index (χ0v) is 19.9. The highest BCUT2D eigenvalue weighted by molar-refractivity contribution is 14.0. The van der Waals surface area contributed by atoms with Crippen molar-refractivity contribution < 1.29 is 9.47 Å². The van der Waals surface area contributed by atoms with Crippen LogP contribution in [0.1, 0.15) is 32.8 Å². The Morgan fingerprint density at radius 2 is 1.96 bits per heavy atom. The molecule has 2 rings (SSSR count). The molecule has 1 saturated heterocycles. The largest absolute Gasteiger partial charge is 0.492 e. The van der Waals surface area contributed by atoms with Crippen LogP contribution in [0.5, 0.6) is 5.75 Å². The van der Waals surface area contributed by atoms with Gasteiger partial charge in [-0.25, -0.2) is 4.99 Å². The molecule has 1 aromatic rings. The van der Waals surface area contributed by atoms with Gasteiger partial charge in [0.2, 0.25) is 0 Å². The number of rotatable bonds is 10. The van der Waals surface area contributed by atoms with Crippen molar-refractivity contribution in [2.45, 2.75) is 33.7 Å². The lowest BCUT2D eigenvalue weighted by molar-refractivity contribution is 0.0322. The summed E-state index contributed by atoms with van der Waals surface area (Å²) >= 11 is 0. The van der Waals surface area contributed by atoms with Crippen LogP contribution in [0.2, 0.25) is 0 Å². The van der Waals surface area contributed by atoms with Gasteiger partial charge in [-0.3, -0.25) is 4.90 Å². The standard InChI is InChI=1S/C21H36N4O2.HI/c1-4-22-21(23-10-9-18(2)3)24-17-19-7-5-6-8-20(19)27-16-13-25-11-14-26-15-12-25;/h5-8,18H,4,9-17H2,1-3H3,(H2,22,23,24);1H. The lowest BCUT2D eigenvalue weighted by atomic mass is 10.1. The van der Waals surface area contributed by atoms with Crippen molar-refractivity contribution >= 4 is 29.9 Å². The van der Waals surface area contributed by atoms with Gasteiger partial charge in [-0.1, -0.05) is 32.0 Å². The highest BCUT2D eigenvalue weighted by Gasteiger charge is 2.10. The number of nitrogens with zero attached hydrogens (tertiary/aromatic N) is 2. The number of hydrogen-bond acceptors (Lipinski definition) is 4. The van der Waals surface area contributed by atoms with E-state index in [-0.39, 0.29) is 24.0 Å². The average molecular weight is 504 g/mol. The molecule has 0 unspecified atom stereocenters. The number of aliphatic imine (C=N–C) groups is 1. The molecule has 6 nitrogen and oxygen atoms in total. The van der Waals surface area contributed by atoms with E-state index in [1.54, 1.807) is 0 Å². The van der Waals surface area contributed by atoms with Crippen molar-refractivity contribution in [1.82, 2.24) is 15.5 Å². The third-order valence-electron chi connectivity index (χ3n) is 4.51. The first kappa shape index (κ1) is 25.0. The number of ether oxygens (including phenoxy) is 2. The molecule has 0 aromatic heterocycles. The topological polar surface area (TPSA) is 58.1 Å². The summed E-state index contributed by atoms with van der Waals surface area (Å²) in [5, 5.41) is 6.72. The van der Waals surface area contributed by atoms with Crippen molar-refractivity contribution in [2.24, 2.45) is 10.9 Å². The summed E-state index contributed by atoms with van der Waals surface area (Å²) in [5.41, 5.74) is 1.11. The predicted molar refractivity (Wildman–Crippen MR) is 127 cm³/mol. The van der Waals surface area contributed by atoms with Crippen LogP contribution in [-0.4, -0.2) is 63.4 Å². The Morgan fingerprint density at radius 1 is 1.21 bits per heavy atom. The minimum atomic E-state index is 0. The fraction of sp³-hybridized carbons (Fsp3) is 0.667. The monoisotopic (exact) mass is 504 g/mol. The summed E-state index contributed by atoms with van der Waals surface area (Å²) < 4.78 is 11.4. The van der Waals surface area contributed by atoms with E-state index in [0.717, 1.165) is 69.6 Å². The van der Waals surface area contributed by atoms with Gasteiger partial charge in [-0.15, -0.1) is 24.0 Å². The maximum Gasteiger partial charge on any atom is 0.191 e. The predicted octanol–water partition coefficient (Wildman–Crippen LogP) is 3.12. The Balaban J connectivity index is 0.00000392. The molecule has 1 fully saturated rings. The fourth-order valence-electron chi connectivity index (χ4n) is 2.87. The summed E-state index contributed by atoms with van der Waals surface area (Å²) in [7, 11) is 0. The van der Waals surface area contributed by atoms with Gasteiger partial charge in [0.05, 0.1) is 19.8 Å². The van der Waals surface area contributed by atoms with Gasteiger partial charge in [0.1, 0.15) is 12.4 Å². The summed E-state index contributed by atoms with van der Waals surface area (Å²) in [6.07, 6.45) is 1.13. The van der Waals surface area contributed by atoms with E-state index in [9.17, 15) is 0 Å². The molecule has 1 aliphatic heterocycles. The third-order valence-corrected chi connectivity index (χ3v) is 4.51. The van der Waals surface area contributed by atoms with E-state index in [4.69, 9.17) is 14.5 Å². The van der Waals surface area contributed by atoms with E-state index >= 15 is 0 Å². The van der Waals surface area contributed by atoms with Gasteiger partial charge < -0.3 is 20.1 Å². The second-order valence-electron chi connectivity index (χ2n) is 7.21. The molecular formula is C21H37IN4O2. The van der Waals surface area contributed by atoms with Crippen molar-refractivity contribution in [1.29, 1.82) is 0 Å². The van der Waals surface area contributed by atoms with E-state index in [2.05, 4.69) is 42.4 Å². The molecule has 0 atom stereocenters. The maximum atomic E-state index is 6.05. The average Bonchev–Trinajstić information content (AvgIpc) is 2.67. The van der Waals surface area contributed by atoms with Gasteiger partial charge >= 0.3 is 0 Å². The third kappa shape index (κ3) is 9.93. The van der Waals surface area contributed by atoms with Crippen LogP contribution in [0, 0.1) is 5.92 Å². The molecule has 0 amide bonds. The summed E-state index contributed by atoms with van der Waals surface area (Å²) in [5.74, 6) is 2.47. The van der Waals surface area contributed by atoms with Crippen LogP contribution in [0.3, 0.4) is 0 Å². The van der Waals surface area contributed by atoms with Crippen LogP contribution in [-0.2, 0) is 11.3 Å². The first-order chi connectivity index (χ1) is 13.2. The fourth-order valence-corrected chi connectivity index (χ4v) is 2.87. The highest BCUT2D eigenvalue weighted by atomic mass is 127. The second-order valence-corrected chi connectivity index (χ2v) is 7.21. The molecule has 7 heteroatoms. The number of morpholine rings is 1. The Hall–Kier alpha value is -1.06. The molecule has 0 bridgehead atoms. The first-order valence-electron chi connectivity index (χ1n) is 10.2. The van der Waals surface area contributed by atoms with Crippen LogP contribution < -0.4 is 15.4 Å².